The normalized spacial score (nSPS) is 17.6. The quantitative estimate of drug-likeness (QED) is 0.698. The number of thiol groups is 1. The van der Waals surface area contributed by atoms with Crippen LogP contribution >= 0.6 is 12.6 Å². The van der Waals surface area contributed by atoms with Gasteiger partial charge in [-0.25, -0.2) is 0 Å². The van der Waals surface area contributed by atoms with E-state index in [0.29, 0.717) is 5.41 Å². The summed E-state index contributed by atoms with van der Waals surface area (Å²) >= 11 is 4.52. The Balaban J connectivity index is 1.85. The molecule has 0 heterocycles. The Bertz CT molecular complexity index is 365. The molecule has 19 heavy (non-hydrogen) atoms. The Kier molecular flexibility index (Phi) is 5.62. The summed E-state index contributed by atoms with van der Waals surface area (Å²) in [6.45, 7) is 3.06. The third-order valence-corrected chi connectivity index (χ3v) is 4.96. The van der Waals surface area contributed by atoms with Crippen LogP contribution in [0.3, 0.4) is 0 Å². The van der Waals surface area contributed by atoms with E-state index < -0.39 is 0 Å². The van der Waals surface area contributed by atoms with Gasteiger partial charge in [0.05, 0.1) is 6.61 Å². The third-order valence-electron chi connectivity index (χ3n) is 4.29. The van der Waals surface area contributed by atoms with Gasteiger partial charge in [0.1, 0.15) is 5.75 Å². The van der Waals surface area contributed by atoms with Gasteiger partial charge in [0.25, 0.3) is 0 Å². The standard InChI is InChI=1S/C17H26OS/c1-2-3-6-15-7-9-16(10-8-15)18-13-17(14-19)11-4-5-12-17/h7-10,19H,2-6,11-14H2,1H3. The Morgan fingerprint density at radius 2 is 1.84 bits per heavy atom. The van der Waals surface area contributed by atoms with E-state index in [1.807, 2.05) is 0 Å². The lowest BCUT2D eigenvalue weighted by Gasteiger charge is -2.26. The molecule has 0 spiro atoms. The number of benzene rings is 1. The second-order valence-electron chi connectivity index (χ2n) is 5.90. The van der Waals surface area contributed by atoms with E-state index in [1.54, 1.807) is 0 Å². The fourth-order valence-corrected chi connectivity index (χ4v) is 3.25. The van der Waals surface area contributed by atoms with Crippen molar-refractivity contribution in [2.24, 2.45) is 5.41 Å². The molecule has 1 fully saturated rings. The molecule has 1 aromatic rings. The molecule has 0 atom stereocenters. The first kappa shape index (κ1) is 14.8. The van der Waals surface area contributed by atoms with Gasteiger partial charge in [0.2, 0.25) is 0 Å². The van der Waals surface area contributed by atoms with Crippen LogP contribution in [-0.4, -0.2) is 12.4 Å². The van der Waals surface area contributed by atoms with Crippen LogP contribution in [0.4, 0.5) is 0 Å². The Morgan fingerprint density at radius 1 is 1.16 bits per heavy atom. The van der Waals surface area contributed by atoms with Crippen LogP contribution in [0.25, 0.3) is 0 Å². The second-order valence-corrected chi connectivity index (χ2v) is 6.22. The van der Waals surface area contributed by atoms with Gasteiger partial charge in [0, 0.05) is 5.41 Å². The highest BCUT2D eigenvalue weighted by Gasteiger charge is 2.33. The minimum absolute atomic E-state index is 0.323. The Morgan fingerprint density at radius 3 is 2.42 bits per heavy atom. The molecule has 0 bridgehead atoms. The number of ether oxygens (including phenoxy) is 1. The van der Waals surface area contributed by atoms with Gasteiger partial charge in [-0.1, -0.05) is 38.3 Å². The second kappa shape index (κ2) is 7.23. The van der Waals surface area contributed by atoms with E-state index in [9.17, 15) is 0 Å². The minimum Gasteiger partial charge on any atom is -0.493 e. The first-order chi connectivity index (χ1) is 9.28. The van der Waals surface area contributed by atoms with E-state index in [4.69, 9.17) is 4.74 Å². The van der Waals surface area contributed by atoms with Crippen molar-refractivity contribution in [2.45, 2.75) is 51.9 Å². The average molecular weight is 278 g/mol. The van der Waals surface area contributed by atoms with Crippen molar-refractivity contribution < 1.29 is 4.74 Å². The first-order valence-electron chi connectivity index (χ1n) is 7.61. The van der Waals surface area contributed by atoms with Crippen LogP contribution in [0.2, 0.25) is 0 Å². The zero-order chi connectivity index (χ0) is 13.6. The van der Waals surface area contributed by atoms with E-state index in [1.165, 1.54) is 50.5 Å². The van der Waals surface area contributed by atoms with Crippen molar-refractivity contribution in [2.75, 3.05) is 12.4 Å². The molecule has 1 aromatic carbocycles. The Hall–Kier alpha value is -0.630. The molecule has 0 aromatic heterocycles. The van der Waals surface area contributed by atoms with Gasteiger partial charge in [-0.2, -0.15) is 12.6 Å². The maximum absolute atomic E-state index is 5.99. The van der Waals surface area contributed by atoms with Crippen LogP contribution in [0.1, 0.15) is 51.0 Å². The van der Waals surface area contributed by atoms with Gasteiger partial charge in [0.15, 0.2) is 0 Å². The van der Waals surface area contributed by atoms with Gasteiger partial charge < -0.3 is 4.74 Å². The predicted molar refractivity (Wildman–Crippen MR) is 85.3 cm³/mol. The molecule has 106 valence electrons. The molecule has 0 aliphatic heterocycles. The summed E-state index contributed by atoms with van der Waals surface area (Å²) in [5.41, 5.74) is 1.74. The first-order valence-corrected chi connectivity index (χ1v) is 8.24. The lowest BCUT2D eigenvalue weighted by atomic mass is 9.90. The Labute approximate surface area is 123 Å². The fourth-order valence-electron chi connectivity index (χ4n) is 2.84. The van der Waals surface area contributed by atoms with Crippen molar-refractivity contribution in [1.82, 2.24) is 0 Å². The van der Waals surface area contributed by atoms with Crippen molar-refractivity contribution >= 4 is 12.6 Å². The summed E-state index contributed by atoms with van der Waals surface area (Å²) < 4.78 is 5.99. The number of rotatable bonds is 7. The smallest absolute Gasteiger partial charge is 0.119 e. The number of unbranched alkanes of at least 4 members (excludes halogenated alkanes) is 1. The topological polar surface area (TPSA) is 9.23 Å². The summed E-state index contributed by atoms with van der Waals surface area (Å²) in [4.78, 5) is 0. The zero-order valence-electron chi connectivity index (χ0n) is 12.0. The summed E-state index contributed by atoms with van der Waals surface area (Å²) in [6, 6.07) is 8.64. The molecule has 2 rings (SSSR count). The average Bonchev–Trinajstić information content (AvgIpc) is 2.93. The molecule has 2 heteroatoms. The molecule has 1 aliphatic rings. The lowest BCUT2D eigenvalue weighted by Crippen LogP contribution is -2.27. The van der Waals surface area contributed by atoms with Gasteiger partial charge in [-0.15, -0.1) is 0 Å². The summed E-state index contributed by atoms with van der Waals surface area (Å²) in [5, 5.41) is 0. The third kappa shape index (κ3) is 4.17. The van der Waals surface area contributed by atoms with Crippen LogP contribution < -0.4 is 4.74 Å². The number of hydrogen-bond acceptors (Lipinski definition) is 2. The lowest BCUT2D eigenvalue weighted by molar-refractivity contribution is 0.173. The maximum atomic E-state index is 5.99. The van der Waals surface area contributed by atoms with Gasteiger partial charge in [-0.3, -0.25) is 0 Å². The maximum Gasteiger partial charge on any atom is 0.119 e. The van der Waals surface area contributed by atoms with Crippen LogP contribution in [0.5, 0.6) is 5.75 Å². The highest BCUT2D eigenvalue weighted by Crippen LogP contribution is 2.39. The van der Waals surface area contributed by atoms with Gasteiger partial charge >= 0.3 is 0 Å². The molecule has 0 saturated heterocycles. The van der Waals surface area contributed by atoms with Gasteiger partial charge in [-0.05, 0) is 49.1 Å². The van der Waals surface area contributed by atoms with E-state index in [0.717, 1.165) is 18.1 Å². The highest BCUT2D eigenvalue weighted by atomic mass is 32.1. The molecular weight excluding hydrogens is 252 g/mol. The molecule has 0 amide bonds. The zero-order valence-corrected chi connectivity index (χ0v) is 12.9. The van der Waals surface area contributed by atoms with E-state index in [2.05, 4.69) is 43.8 Å². The molecule has 1 nitrogen and oxygen atoms in total. The fraction of sp³-hybridized carbons (Fsp3) is 0.647. The van der Waals surface area contributed by atoms with E-state index >= 15 is 0 Å². The molecule has 0 radical (unpaired) electrons. The van der Waals surface area contributed by atoms with E-state index in [-0.39, 0.29) is 0 Å². The molecule has 0 unspecified atom stereocenters. The number of hydrogen-bond donors (Lipinski definition) is 1. The molecule has 0 N–H and O–H groups in total. The monoisotopic (exact) mass is 278 g/mol. The van der Waals surface area contributed by atoms with Crippen molar-refractivity contribution in [3.05, 3.63) is 29.8 Å². The summed E-state index contributed by atoms with van der Waals surface area (Å²) in [6.07, 6.45) is 8.90. The minimum atomic E-state index is 0.323. The highest BCUT2D eigenvalue weighted by molar-refractivity contribution is 7.80. The van der Waals surface area contributed by atoms with Crippen molar-refractivity contribution in [3.8, 4) is 5.75 Å². The molecule has 1 aliphatic carbocycles. The SMILES string of the molecule is CCCCc1ccc(OCC2(CS)CCCC2)cc1. The largest absolute Gasteiger partial charge is 0.493 e. The predicted octanol–water partition coefficient (Wildman–Crippen LogP) is 4.90. The summed E-state index contributed by atoms with van der Waals surface area (Å²) in [5.74, 6) is 1.95. The summed E-state index contributed by atoms with van der Waals surface area (Å²) in [7, 11) is 0. The molecule has 1 saturated carbocycles. The van der Waals surface area contributed by atoms with Crippen molar-refractivity contribution in [3.63, 3.8) is 0 Å². The van der Waals surface area contributed by atoms with Crippen LogP contribution in [0, 0.1) is 5.41 Å². The number of aryl methyl sites for hydroxylation is 1. The van der Waals surface area contributed by atoms with Crippen molar-refractivity contribution in [1.29, 1.82) is 0 Å². The van der Waals surface area contributed by atoms with Crippen LogP contribution in [-0.2, 0) is 6.42 Å². The van der Waals surface area contributed by atoms with Crippen LogP contribution in [0.15, 0.2) is 24.3 Å². The molecular formula is C17H26OS.